The van der Waals surface area contributed by atoms with Crippen LogP contribution in [0.3, 0.4) is 0 Å². The van der Waals surface area contributed by atoms with Crippen molar-refractivity contribution in [1.29, 1.82) is 0 Å². The van der Waals surface area contributed by atoms with E-state index >= 15 is 0 Å². The number of rotatable bonds is 0. The molecule has 0 atom stereocenters. The summed E-state index contributed by atoms with van der Waals surface area (Å²) in [5.41, 5.74) is 0. The van der Waals surface area contributed by atoms with Gasteiger partial charge in [-0.25, -0.2) is 4.79 Å². The van der Waals surface area contributed by atoms with Gasteiger partial charge in [-0.1, -0.05) is 0 Å². The summed E-state index contributed by atoms with van der Waals surface area (Å²) in [5, 5.41) is 0. The van der Waals surface area contributed by atoms with E-state index < -0.39 is 5.97 Å². The Kier molecular flexibility index (Phi) is 2.54. The largest absolute Gasteiger partial charge is 0.459 e. The first kappa shape index (κ1) is 8.41. The second-order valence-electron chi connectivity index (χ2n) is 2.15. The van der Waals surface area contributed by atoms with Crippen LogP contribution >= 0.6 is 0 Å². The van der Waals surface area contributed by atoms with Gasteiger partial charge in [0.15, 0.2) is 5.76 Å². The third-order valence-corrected chi connectivity index (χ3v) is 1.21. The lowest BCUT2D eigenvalue weighted by molar-refractivity contribution is -0.133. The molecule has 0 aliphatic rings. The van der Waals surface area contributed by atoms with Crippen LogP contribution in [0.15, 0.2) is 16.5 Å². The number of hydrogen-bond donors (Lipinski definition) is 0. The molecule has 0 amide bonds. The van der Waals surface area contributed by atoms with Crippen LogP contribution in [0.2, 0.25) is 0 Å². The van der Waals surface area contributed by atoms with E-state index in [9.17, 15) is 4.79 Å². The van der Waals surface area contributed by atoms with Crippen LogP contribution in [0, 0.1) is 18.8 Å². The number of methoxy groups -OCH3 is 1. The lowest BCUT2D eigenvalue weighted by Crippen LogP contribution is -1.94. The Balaban J connectivity index is 2.73. The first-order chi connectivity index (χ1) is 5.72. The van der Waals surface area contributed by atoms with Crippen molar-refractivity contribution in [2.24, 2.45) is 0 Å². The van der Waals surface area contributed by atoms with Crippen molar-refractivity contribution in [3.8, 4) is 11.8 Å². The number of ether oxygens (including phenoxy) is 1. The summed E-state index contributed by atoms with van der Waals surface area (Å²) in [6.07, 6.45) is 0. The standard InChI is InChI=1S/C9H8O3/c1-7-3-4-8(12-7)5-6-9(10)11-2/h3-4H,1-2H3. The van der Waals surface area contributed by atoms with Crippen LogP contribution in [0.25, 0.3) is 0 Å². The highest BCUT2D eigenvalue weighted by molar-refractivity contribution is 5.88. The van der Waals surface area contributed by atoms with E-state index in [2.05, 4.69) is 16.6 Å². The van der Waals surface area contributed by atoms with Crippen LogP contribution in [0.5, 0.6) is 0 Å². The van der Waals surface area contributed by atoms with Gasteiger partial charge in [0.1, 0.15) is 5.76 Å². The molecule has 0 saturated carbocycles. The van der Waals surface area contributed by atoms with Crippen LogP contribution < -0.4 is 0 Å². The number of esters is 1. The fourth-order valence-electron chi connectivity index (χ4n) is 0.665. The van der Waals surface area contributed by atoms with Gasteiger partial charge >= 0.3 is 5.97 Å². The molecule has 0 unspecified atom stereocenters. The molecule has 0 spiro atoms. The molecule has 3 heteroatoms. The predicted molar refractivity (Wildman–Crippen MR) is 42.3 cm³/mol. The Hall–Kier alpha value is -1.69. The van der Waals surface area contributed by atoms with Gasteiger partial charge in [0, 0.05) is 5.92 Å². The van der Waals surface area contributed by atoms with E-state index in [0.717, 1.165) is 5.76 Å². The van der Waals surface area contributed by atoms with Gasteiger partial charge in [-0.3, -0.25) is 0 Å². The van der Waals surface area contributed by atoms with Gasteiger partial charge < -0.3 is 9.15 Å². The molecule has 1 aromatic rings. The molecule has 0 radical (unpaired) electrons. The molecular weight excluding hydrogens is 156 g/mol. The Morgan fingerprint density at radius 3 is 2.83 bits per heavy atom. The SMILES string of the molecule is COC(=O)C#Cc1ccc(C)o1. The molecule has 12 heavy (non-hydrogen) atoms. The van der Waals surface area contributed by atoms with Gasteiger partial charge in [-0.2, -0.15) is 0 Å². The summed E-state index contributed by atoms with van der Waals surface area (Å²) in [5.74, 6) is 5.45. The van der Waals surface area contributed by atoms with Crippen molar-refractivity contribution in [3.63, 3.8) is 0 Å². The highest BCUT2D eigenvalue weighted by atomic mass is 16.5. The van der Waals surface area contributed by atoms with E-state index in [0.29, 0.717) is 5.76 Å². The second-order valence-corrected chi connectivity index (χ2v) is 2.15. The predicted octanol–water partition coefficient (Wildman–Crippen LogP) is 1.11. The monoisotopic (exact) mass is 164 g/mol. The first-order valence-electron chi connectivity index (χ1n) is 3.39. The van der Waals surface area contributed by atoms with Crippen LogP contribution in [-0.4, -0.2) is 13.1 Å². The maximum absolute atomic E-state index is 10.6. The van der Waals surface area contributed by atoms with Crippen molar-refractivity contribution in [3.05, 3.63) is 23.7 Å². The first-order valence-corrected chi connectivity index (χ1v) is 3.39. The van der Waals surface area contributed by atoms with Crippen molar-refractivity contribution in [1.82, 2.24) is 0 Å². The molecule has 0 bridgehead atoms. The van der Waals surface area contributed by atoms with E-state index in [1.807, 2.05) is 6.92 Å². The number of carbonyl (C=O) groups excluding carboxylic acids is 1. The third kappa shape index (κ3) is 2.17. The summed E-state index contributed by atoms with van der Waals surface area (Å²) in [6.45, 7) is 1.81. The zero-order chi connectivity index (χ0) is 8.97. The molecule has 0 saturated heterocycles. The summed E-state index contributed by atoms with van der Waals surface area (Å²) in [4.78, 5) is 10.6. The van der Waals surface area contributed by atoms with Crippen molar-refractivity contribution < 1.29 is 13.9 Å². The summed E-state index contributed by atoms with van der Waals surface area (Å²) in [6, 6.07) is 3.48. The molecule has 0 aliphatic heterocycles. The highest BCUT2D eigenvalue weighted by Gasteiger charge is 1.94. The van der Waals surface area contributed by atoms with Gasteiger partial charge in [0.25, 0.3) is 0 Å². The van der Waals surface area contributed by atoms with Gasteiger partial charge in [0.2, 0.25) is 0 Å². The van der Waals surface area contributed by atoms with E-state index in [1.165, 1.54) is 7.11 Å². The maximum atomic E-state index is 10.6. The van der Waals surface area contributed by atoms with E-state index in [-0.39, 0.29) is 0 Å². The van der Waals surface area contributed by atoms with E-state index in [4.69, 9.17) is 4.42 Å². The Labute approximate surface area is 70.3 Å². The summed E-state index contributed by atoms with van der Waals surface area (Å²) >= 11 is 0. The normalized spacial score (nSPS) is 8.50. The van der Waals surface area contributed by atoms with Crippen LogP contribution in [-0.2, 0) is 9.53 Å². The molecule has 1 rings (SSSR count). The smallest absolute Gasteiger partial charge is 0.384 e. The second kappa shape index (κ2) is 3.63. The van der Waals surface area contributed by atoms with Crippen molar-refractivity contribution >= 4 is 5.97 Å². The third-order valence-electron chi connectivity index (χ3n) is 1.21. The molecule has 3 nitrogen and oxygen atoms in total. The topological polar surface area (TPSA) is 39.4 Å². The number of furan rings is 1. The van der Waals surface area contributed by atoms with Gasteiger partial charge in [-0.15, -0.1) is 0 Å². The zero-order valence-electron chi connectivity index (χ0n) is 6.88. The number of aryl methyl sites for hydroxylation is 1. The lowest BCUT2D eigenvalue weighted by atomic mass is 10.4. The fourth-order valence-corrected chi connectivity index (χ4v) is 0.665. The summed E-state index contributed by atoms with van der Waals surface area (Å²) < 4.78 is 9.42. The van der Waals surface area contributed by atoms with Gasteiger partial charge in [-0.05, 0) is 25.0 Å². The highest BCUT2D eigenvalue weighted by Crippen LogP contribution is 2.03. The maximum Gasteiger partial charge on any atom is 0.384 e. The quantitative estimate of drug-likeness (QED) is 0.426. The average molecular weight is 164 g/mol. The fraction of sp³-hybridized carbons (Fsp3) is 0.222. The molecule has 1 heterocycles. The van der Waals surface area contributed by atoms with Crippen molar-refractivity contribution in [2.45, 2.75) is 6.92 Å². The summed E-state index contributed by atoms with van der Waals surface area (Å²) in [7, 11) is 1.28. The molecule has 0 N–H and O–H groups in total. The molecule has 62 valence electrons. The molecular formula is C9H8O3. The minimum absolute atomic E-state index is 0.470. The Morgan fingerprint density at radius 2 is 2.33 bits per heavy atom. The minimum atomic E-state index is -0.566. The van der Waals surface area contributed by atoms with Gasteiger partial charge in [0.05, 0.1) is 7.11 Å². The lowest BCUT2D eigenvalue weighted by Gasteiger charge is -1.83. The average Bonchev–Trinajstić information content (AvgIpc) is 2.47. The number of carbonyl (C=O) groups is 1. The zero-order valence-corrected chi connectivity index (χ0v) is 6.88. The van der Waals surface area contributed by atoms with Crippen LogP contribution in [0.4, 0.5) is 0 Å². The minimum Gasteiger partial charge on any atom is -0.459 e. The van der Waals surface area contributed by atoms with E-state index in [1.54, 1.807) is 12.1 Å². The molecule has 0 aliphatic carbocycles. The molecule has 0 aromatic carbocycles. The Morgan fingerprint density at radius 1 is 1.58 bits per heavy atom. The van der Waals surface area contributed by atoms with Crippen LogP contribution in [0.1, 0.15) is 11.5 Å². The molecule has 0 fully saturated rings. The van der Waals surface area contributed by atoms with Crippen molar-refractivity contribution in [2.75, 3.05) is 7.11 Å². The number of hydrogen-bond acceptors (Lipinski definition) is 3. The molecule has 1 aromatic heterocycles. The Bertz CT molecular complexity index is 338.